The zero-order valence-electron chi connectivity index (χ0n) is 17.6. The summed E-state index contributed by atoms with van der Waals surface area (Å²) in [5.74, 6) is -2.17. The number of nitriles is 1. The maximum Gasteiger partial charge on any atom is 0.348 e. The number of phenols is 1. The number of hydrogen-bond acceptors (Lipinski definition) is 9. The summed E-state index contributed by atoms with van der Waals surface area (Å²) in [5, 5.41) is 22.1. The molecule has 0 aliphatic rings. The normalized spacial score (nSPS) is 10.8. The SMILES string of the molecule is CCOc1cc(/C=C(\C#N)C(=O)Nc2sc(C(=O)OC)c(C)c2C(=O)OC)cc(Br)c1O. The number of carbonyl (C=O) groups excluding carboxylic acids is 3. The second-order valence-electron chi connectivity index (χ2n) is 6.15. The predicted octanol–water partition coefficient (Wildman–Crippen LogP) is 4.04. The Balaban J connectivity index is 2.46. The van der Waals surface area contributed by atoms with Crippen LogP contribution in [0.25, 0.3) is 6.08 Å². The Morgan fingerprint density at radius 2 is 1.91 bits per heavy atom. The van der Waals surface area contributed by atoms with Crippen molar-refractivity contribution in [3.05, 3.63) is 43.7 Å². The summed E-state index contributed by atoms with van der Waals surface area (Å²) in [4.78, 5) is 37.1. The number of ether oxygens (including phenoxy) is 3. The van der Waals surface area contributed by atoms with E-state index < -0.39 is 17.8 Å². The first kappa shape index (κ1) is 24.9. The van der Waals surface area contributed by atoms with Gasteiger partial charge in [0.25, 0.3) is 5.91 Å². The molecule has 0 saturated carbocycles. The molecule has 1 aromatic carbocycles. The minimum Gasteiger partial charge on any atom is -0.503 e. The molecule has 0 spiro atoms. The fourth-order valence-corrected chi connectivity index (χ4v) is 4.23. The molecule has 1 amide bonds. The molecule has 168 valence electrons. The number of nitrogens with zero attached hydrogens (tertiary/aromatic N) is 1. The van der Waals surface area contributed by atoms with Crippen LogP contribution in [0.15, 0.2) is 22.2 Å². The summed E-state index contributed by atoms with van der Waals surface area (Å²) < 4.78 is 15.1. The van der Waals surface area contributed by atoms with E-state index in [2.05, 4.69) is 21.2 Å². The molecule has 9 nitrogen and oxygen atoms in total. The van der Waals surface area contributed by atoms with Crippen LogP contribution in [-0.2, 0) is 14.3 Å². The summed E-state index contributed by atoms with van der Waals surface area (Å²) in [6, 6.07) is 4.78. The minimum absolute atomic E-state index is 0.00505. The van der Waals surface area contributed by atoms with E-state index in [1.807, 2.05) is 0 Å². The molecule has 11 heteroatoms. The topological polar surface area (TPSA) is 135 Å². The minimum atomic E-state index is -0.808. The van der Waals surface area contributed by atoms with E-state index in [1.165, 1.54) is 39.4 Å². The molecule has 0 bridgehead atoms. The average molecular weight is 523 g/mol. The molecule has 0 atom stereocenters. The molecule has 2 aromatic rings. The first-order chi connectivity index (χ1) is 15.2. The molecule has 0 radical (unpaired) electrons. The van der Waals surface area contributed by atoms with Gasteiger partial charge >= 0.3 is 11.9 Å². The fourth-order valence-electron chi connectivity index (χ4n) is 2.67. The van der Waals surface area contributed by atoms with Crippen LogP contribution in [0, 0.1) is 18.3 Å². The van der Waals surface area contributed by atoms with Gasteiger partial charge in [-0.25, -0.2) is 9.59 Å². The number of nitrogens with one attached hydrogen (secondary N) is 1. The molecule has 2 N–H and O–H groups in total. The van der Waals surface area contributed by atoms with Crippen molar-refractivity contribution in [1.29, 1.82) is 5.26 Å². The number of phenolic OH excluding ortho intramolecular Hbond substituents is 1. The number of rotatable bonds is 7. The average Bonchev–Trinajstić information content (AvgIpc) is 3.09. The van der Waals surface area contributed by atoms with Gasteiger partial charge in [-0.3, -0.25) is 4.79 Å². The third kappa shape index (κ3) is 5.27. The zero-order valence-corrected chi connectivity index (χ0v) is 20.0. The van der Waals surface area contributed by atoms with Crippen LogP contribution in [0.3, 0.4) is 0 Å². The number of anilines is 1. The van der Waals surface area contributed by atoms with Crippen LogP contribution in [0.5, 0.6) is 11.5 Å². The van der Waals surface area contributed by atoms with Crippen LogP contribution in [0.1, 0.15) is 38.1 Å². The Morgan fingerprint density at radius 1 is 1.25 bits per heavy atom. The molecular formula is C21H19BrN2O7S. The van der Waals surface area contributed by atoms with Gasteiger partial charge in [0.05, 0.1) is 30.9 Å². The van der Waals surface area contributed by atoms with Gasteiger partial charge in [-0.05, 0) is 59.1 Å². The number of amides is 1. The van der Waals surface area contributed by atoms with Crippen molar-refractivity contribution in [2.24, 2.45) is 0 Å². The molecule has 0 fully saturated rings. The number of methoxy groups -OCH3 is 2. The number of esters is 2. The van der Waals surface area contributed by atoms with Crippen LogP contribution >= 0.6 is 27.3 Å². The van der Waals surface area contributed by atoms with Gasteiger partial charge in [0.2, 0.25) is 0 Å². The first-order valence-corrected chi connectivity index (χ1v) is 10.7. The molecule has 32 heavy (non-hydrogen) atoms. The quantitative estimate of drug-likeness (QED) is 0.316. The predicted molar refractivity (Wildman–Crippen MR) is 121 cm³/mol. The van der Waals surface area contributed by atoms with Gasteiger partial charge in [-0.2, -0.15) is 5.26 Å². The smallest absolute Gasteiger partial charge is 0.348 e. The Morgan fingerprint density at radius 3 is 2.47 bits per heavy atom. The van der Waals surface area contributed by atoms with Crippen molar-refractivity contribution in [1.82, 2.24) is 0 Å². The third-order valence-corrected chi connectivity index (χ3v) is 5.95. The van der Waals surface area contributed by atoms with E-state index >= 15 is 0 Å². The van der Waals surface area contributed by atoms with E-state index in [0.29, 0.717) is 16.6 Å². The molecule has 0 unspecified atom stereocenters. The Labute approximate surface area is 196 Å². The monoisotopic (exact) mass is 522 g/mol. The lowest BCUT2D eigenvalue weighted by molar-refractivity contribution is -0.112. The van der Waals surface area contributed by atoms with Crippen LogP contribution < -0.4 is 10.1 Å². The van der Waals surface area contributed by atoms with Gasteiger partial charge in [0.1, 0.15) is 21.5 Å². The fraction of sp³-hybridized carbons (Fsp3) is 0.238. The molecule has 2 rings (SSSR count). The summed E-state index contributed by atoms with van der Waals surface area (Å²) in [6.07, 6.45) is 1.29. The Bertz CT molecular complexity index is 1150. The van der Waals surface area contributed by atoms with E-state index in [9.17, 15) is 24.8 Å². The van der Waals surface area contributed by atoms with Gasteiger partial charge in [-0.15, -0.1) is 11.3 Å². The standard InChI is InChI=1S/C21H19BrN2O7S/c1-5-31-14-8-11(7-13(22)16(14)25)6-12(9-23)18(26)24-19-15(20(27)29-3)10(2)17(32-19)21(28)30-4/h6-8,25H,5H2,1-4H3,(H,24,26)/b12-6+. The van der Waals surface area contributed by atoms with E-state index in [4.69, 9.17) is 14.2 Å². The van der Waals surface area contributed by atoms with Gasteiger partial charge < -0.3 is 24.6 Å². The van der Waals surface area contributed by atoms with Crippen molar-refractivity contribution < 1.29 is 33.7 Å². The number of benzene rings is 1. The highest BCUT2D eigenvalue weighted by Crippen LogP contribution is 2.37. The second kappa shape index (κ2) is 10.8. The van der Waals surface area contributed by atoms with Crippen molar-refractivity contribution in [3.63, 3.8) is 0 Å². The number of carbonyl (C=O) groups is 3. The lowest BCUT2D eigenvalue weighted by Gasteiger charge is -2.09. The highest BCUT2D eigenvalue weighted by molar-refractivity contribution is 9.10. The number of hydrogen-bond donors (Lipinski definition) is 2. The molecule has 0 aliphatic carbocycles. The van der Waals surface area contributed by atoms with Crippen LogP contribution in [-0.4, -0.2) is 43.8 Å². The number of thiophene rings is 1. The lowest BCUT2D eigenvalue weighted by Crippen LogP contribution is -2.15. The number of aromatic hydroxyl groups is 1. The lowest BCUT2D eigenvalue weighted by atomic mass is 10.1. The van der Waals surface area contributed by atoms with Crippen LogP contribution in [0.2, 0.25) is 0 Å². The van der Waals surface area contributed by atoms with E-state index in [0.717, 1.165) is 11.3 Å². The maximum absolute atomic E-state index is 12.8. The summed E-state index contributed by atoms with van der Waals surface area (Å²) in [5.41, 5.74) is 0.409. The van der Waals surface area contributed by atoms with Crippen molar-refractivity contribution >= 4 is 56.2 Å². The Kier molecular flexibility index (Phi) is 8.40. The number of halogens is 1. The molecule has 0 aliphatic heterocycles. The summed E-state index contributed by atoms with van der Waals surface area (Å²) in [7, 11) is 2.36. The second-order valence-corrected chi connectivity index (χ2v) is 8.02. The van der Waals surface area contributed by atoms with Crippen LogP contribution in [0.4, 0.5) is 5.00 Å². The van der Waals surface area contributed by atoms with E-state index in [-0.39, 0.29) is 38.1 Å². The van der Waals surface area contributed by atoms with Crippen molar-refractivity contribution in [2.75, 3.05) is 26.1 Å². The van der Waals surface area contributed by atoms with Crippen molar-refractivity contribution in [3.8, 4) is 17.6 Å². The maximum atomic E-state index is 12.8. The van der Waals surface area contributed by atoms with Gasteiger partial charge in [0, 0.05) is 0 Å². The summed E-state index contributed by atoms with van der Waals surface area (Å²) >= 11 is 4.03. The molecule has 1 aromatic heterocycles. The molecule has 1 heterocycles. The summed E-state index contributed by atoms with van der Waals surface area (Å²) in [6.45, 7) is 3.57. The van der Waals surface area contributed by atoms with Crippen molar-refractivity contribution in [2.45, 2.75) is 13.8 Å². The highest BCUT2D eigenvalue weighted by Gasteiger charge is 2.27. The Hall–Kier alpha value is -3.36. The first-order valence-electron chi connectivity index (χ1n) is 9.06. The van der Waals surface area contributed by atoms with E-state index in [1.54, 1.807) is 13.0 Å². The van der Waals surface area contributed by atoms with Gasteiger partial charge in [0.15, 0.2) is 11.5 Å². The highest BCUT2D eigenvalue weighted by atomic mass is 79.9. The third-order valence-electron chi connectivity index (χ3n) is 4.16. The molecule has 0 saturated heterocycles. The zero-order chi connectivity index (χ0) is 24.0. The van der Waals surface area contributed by atoms with Gasteiger partial charge in [-0.1, -0.05) is 0 Å². The molecular weight excluding hydrogens is 504 g/mol. The largest absolute Gasteiger partial charge is 0.503 e.